The van der Waals surface area contributed by atoms with E-state index in [2.05, 4.69) is 10.0 Å². The Labute approximate surface area is 170 Å². The number of rotatable bonds is 8. The topological polar surface area (TPSA) is 87.7 Å². The quantitative estimate of drug-likeness (QED) is 0.677. The van der Waals surface area contributed by atoms with Gasteiger partial charge in [-0.05, 0) is 57.0 Å². The number of nitrogens with zero attached hydrogens (tertiary/aromatic N) is 1. The van der Waals surface area contributed by atoms with Crippen LogP contribution in [0.15, 0.2) is 47.4 Å². The minimum absolute atomic E-state index is 0.0264. The van der Waals surface area contributed by atoms with Crippen molar-refractivity contribution in [2.24, 2.45) is 0 Å². The number of halogens is 1. The SMILES string of the molecule is CNS(=O)(=O)c1ccc(Cl)c(C(=O)NCC(c2cccc(OC)c2)N(C)C)c1. The molecule has 2 aromatic rings. The first-order chi connectivity index (χ1) is 13.2. The van der Waals surface area contributed by atoms with Crippen LogP contribution in [0.4, 0.5) is 0 Å². The van der Waals surface area contributed by atoms with E-state index in [0.717, 1.165) is 11.3 Å². The molecule has 9 heteroatoms. The lowest BCUT2D eigenvalue weighted by atomic mass is 10.1. The Balaban J connectivity index is 2.22. The lowest BCUT2D eigenvalue weighted by molar-refractivity contribution is 0.0942. The fourth-order valence-electron chi connectivity index (χ4n) is 2.70. The van der Waals surface area contributed by atoms with Gasteiger partial charge < -0.3 is 15.0 Å². The number of hydrogen-bond acceptors (Lipinski definition) is 5. The molecule has 0 radical (unpaired) electrons. The van der Waals surface area contributed by atoms with Crippen molar-refractivity contribution >= 4 is 27.5 Å². The number of nitrogens with one attached hydrogen (secondary N) is 2. The number of hydrogen-bond donors (Lipinski definition) is 2. The highest BCUT2D eigenvalue weighted by Crippen LogP contribution is 2.23. The van der Waals surface area contributed by atoms with Crippen molar-refractivity contribution < 1.29 is 17.9 Å². The van der Waals surface area contributed by atoms with Gasteiger partial charge in [0.2, 0.25) is 10.0 Å². The molecule has 2 rings (SSSR count). The summed E-state index contributed by atoms with van der Waals surface area (Å²) in [4.78, 5) is 14.6. The Hall–Kier alpha value is -2.13. The lowest BCUT2D eigenvalue weighted by Gasteiger charge is -2.25. The standard InChI is InChI=1S/C19H24ClN3O4S/c1-21-28(25,26)15-8-9-17(20)16(11-15)19(24)22-12-18(23(2)3)13-6-5-7-14(10-13)27-4/h5-11,18,21H,12H2,1-4H3,(H,22,24). The van der Waals surface area contributed by atoms with Crippen molar-refractivity contribution in [1.82, 2.24) is 14.9 Å². The van der Waals surface area contributed by atoms with Crippen molar-refractivity contribution in [3.05, 3.63) is 58.6 Å². The van der Waals surface area contributed by atoms with Gasteiger partial charge in [0.15, 0.2) is 0 Å². The maximum Gasteiger partial charge on any atom is 0.252 e. The molecule has 0 aliphatic heterocycles. The van der Waals surface area contributed by atoms with Gasteiger partial charge in [0.1, 0.15) is 5.75 Å². The average molecular weight is 426 g/mol. The predicted octanol–water partition coefficient (Wildman–Crippen LogP) is 2.29. The second-order valence-electron chi connectivity index (χ2n) is 6.32. The van der Waals surface area contributed by atoms with E-state index >= 15 is 0 Å². The van der Waals surface area contributed by atoms with E-state index in [9.17, 15) is 13.2 Å². The van der Waals surface area contributed by atoms with E-state index < -0.39 is 15.9 Å². The normalized spacial score (nSPS) is 12.6. The maximum absolute atomic E-state index is 12.7. The highest BCUT2D eigenvalue weighted by molar-refractivity contribution is 7.89. The van der Waals surface area contributed by atoms with Crippen LogP contribution in [0.1, 0.15) is 22.0 Å². The zero-order valence-corrected chi connectivity index (χ0v) is 17.8. The minimum Gasteiger partial charge on any atom is -0.497 e. The van der Waals surface area contributed by atoms with Crippen LogP contribution in [-0.4, -0.2) is 54.0 Å². The van der Waals surface area contributed by atoms with Gasteiger partial charge in [0.05, 0.1) is 28.6 Å². The number of ether oxygens (including phenoxy) is 1. The molecule has 1 unspecified atom stereocenters. The number of carbonyl (C=O) groups excluding carboxylic acids is 1. The van der Waals surface area contributed by atoms with Crippen LogP contribution in [-0.2, 0) is 10.0 Å². The summed E-state index contributed by atoms with van der Waals surface area (Å²) in [5, 5.41) is 3.01. The van der Waals surface area contributed by atoms with Crippen LogP contribution in [0.3, 0.4) is 0 Å². The molecule has 0 spiro atoms. The molecule has 152 valence electrons. The molecule has 0 aliphatic carbocycles. The number of methoxy groups -OCH3 is 1. The minimum atomic E-state index is -3.68. The molecule has 0 heterocycles. The van der Waals surface area contributed by atoms with E-state index in [1.165, 1.54) is 25.2 Å². The molecular formula is C19H24ClN3O4S. The highest BCUT2D eigenvalue weighted by atomic mass is 35.5. The number of carbonyl (C=O) groups is 1. The van der Waals surface area contributed by atoms with E-state index in [0.29, 0.717) is 6.54 Å². The maximum atomic E-state index is 12.7. The fraction of sp³-hybridized carbons (Fsp3) is 0.316. The number of amides is 1. The van der Waals surface area contributed by atoms with Crippen molar-refractivity contribution in [2.45, 2.75) is 10.9 Å². The third-order valence-corrected chi connectivity index (χ3v) is 6.06. The molecule has 7 nitrogen and oxygen atoms in total. The Morgan fingerprint density at radius 1 is 1.21 bits per heavy atom. The second-order valence-corrected chi connectivity index (χ2v) is 8.61. The van der Waals surface area contributed by atoms with Gasteiger partial charge in [-0.2, -0.15) is 0 Å². The molecule has 2 aromatic carbocycles. The Bertz CT molecular complexity index is 948. The van der Waals surface area contributed by atoms with Crippen molar-refractivity contribution in [3.8, 4) is 5.75 Å². The Kier molecular flexibility index (Phi) is 7.42. The van der Waals surface area contributed by atoms with Gasteiger partial charge in [-0.25, -0.2) is 13.1 Å². The molecule has 0 fully saturated rings. The molecule has 0 aliphatic rings. The van der Waals surface area contributed by atoms with Crippen LogP contribution in [0.25, 0.3) is 0 Å². The number of sulfonamides is 1. The van der Waals surface area contributed by atoms with Crippen LogP contribution in [0, 0.1) is 0 Å². The average Bonchev–Trinajstić information content (AvgIpc) is 2.68. The van der Waals surface area contributed by atoms with Crippen LogP contribution >= 0.6 is 11.6 Å². The highest BCUT2D eigenvalue weighted by Gasteiger charge is 2.20. The molecule has 1 amide bonds. The molecule has 1 atom stereocenters. The number of benzene rings is 2. The summed E-state index contributed by atoms with van der Waals surface area (Å²) >= 11 is 6.12. The largest absolute Gasteiger partial charge is 0.497 e. The summed E-state index contributed by atoms with van der Waals surface area (Å²) in [6.45, 7) is 0.304. The number of likely N-dealkylation sites (N-methyl/N-ethyl adjacent to an activating group) is 1. The van der Waals surface area contributed by atoms with Crippen LogP contribution < -0.4 is 14.8 Å². The molecule has 0 bridgehead atoms. The van der Waals surface area contributed by atoms with E-state index in [-0.39, 0.29) is 21.5 Å². The molecule has 0 aromatic heterocycles. The molecule has 2 N–H and O–H groups in total. The third-order valence-electron chi connectivity index (χ3n) is 4.32. The van der Waals surface area contributed by atoms with Gasteiger partial charge in [0.25, 0.3) is 5.91 Å². The smallest absolute Gasteiger partial charge is 0.252 e. The summed E-state index contributed by atoms with van der Waals surface area (Å²) in [7, 11) is 3.04. The second kappa shape index (κ2) is 9.38. The van der Waals surface area contributed by atoms with Gasteiger partial charge in [-0.15, -0.1) is 0 Å². The Morgan fingerprint density at radius 3 is 2.54 bits per heavy atom. The van der Waals surface area contributed by atoms with Gasteiger partial charge in [-0.1, -0.05) is 23.7 Å². The monoisotopic (exact) mass is 425 g/mol. The zero-order valence-electron chi connectivity index (χ0n) is 16.2. The lowest BCUT2D eigenvalue weighted by Crippen LogP contribution is -2.34. The summed E-state index contributed by atoms with van der Waals surface area (Å²) in [5.41, 5.74) is 1.07. The summed E-state index contributed by atoms with van der Waals surface area (Å²) in [6, 6.07) is 11.5. The Morgan fingerprint density at radius 2 is 1.93 bits per heavy atom. The third kappa shape index (κ3) is 5.23. The van der Waals surface area contributed by atoms with Gasteiger partial charge in [-0.3, -0.25) is 4.79 Å². The van der Waals surface area contributed by atoms with E-state index in [4.69, 9.17) is 16.3 Å². The summed E-state index contributed by atoms with van der Waals surface area (Å²) in [6.07, 6.45) is 0. The summed E-state index contributed by atoms with van der Waals surface area (Å²) < 4.78 is 31.5. The van der Waals surface area contributed by atoms with E-state index in [1.54, 1.807) is 7.11 Å². The van der Waals surface area contributed by atoms with E-state index in [1.807, 2.05) is 43.3 Å². The molecule has 0 saturated heterocycles. The first-order valence-electron chi connectivity index (χ1n) is 8.51. The van der Waals surface area contributed by atoms with Crippen molar-refractivity contribution in [3.63, 3.8) is 0 Å². The fourth-order valence-corrected chi connectivity index (χ4v) is 3.65. The van der Waals surface area contributed by atoms with Crippen LogP contribution in [0.2, 0.25) is 5.02 Å². The first kappa shape index (κ1) is 22.2. The first-order valence-corrected chi connectivity index (χ1v) is 10.4. The predicted molar refractivity (Wildman–Crippen MR) is 109 cm³/mol. The molecule has 28 heavy (non-hydrogen) atoms. The molecule has 0 saturated carbocycles. The van der Waals surface area contributed by atoms with Gasteiger partial charge >= 0.3 is 0 Å². The zero-order chi connectivity index (χ0) is 20.9. The van der Waals surface area contributed by atoms with Crippen LogP contribution in [0.5, 0.6) is 5.75 Å². The van der Waals surface area contributed by atoms with Gasteiger partial charge in [0, 0.05) is 6.54 Å². The van der Waals surface area contributed by atoms with Crippen molar-refractivity contribution in [1.29, 1.82) is 0 Å². The molecular weight excluding hydrogens is 402 g/mol. The van der Waals surface area contributed by atoms with Crippen molar-refractivity contribution in [2.75, 3.05) is 34.8 Å². The summed E-state index contributed by atoms with van der Waals surface area (Å²) in [5.74, 6) is 0.275.